The maximum Gasteiger partial charge on any atom is 0.168 e. The third-order valence-corrected chi connectivity index (χ3v) is 4.22. The van der Waals surface area contributed by atoms with Crippen LogP contribution in [0.15, 0.2) is 6.07 Å². The Morgan fingerprint density at radius 1 is 1.16 bits per heavy atom. The van der Waals surface area contributed by atoms with E-state index < -0.39 is 0 Å². The van der Waals surface area contributed by atoms with E-state index in [2.05, 4.69) is 0 Å². The summed E-state index contributed by atoms with van der Waals surface area (Å²) in [5, 5.41) is 0.516. The van der Waals surface area contributed by atoms with Gasteiger partial charge in [0.2, 0.25) is 0 Å². The summed E-state index contributed by atoms with van der Waals surface area (Å²) in [5.74, 6) is 1.91. The van der Waals surface area contributed by atoms with Crippen LogP contribution in [0.2, 0.25) is 5.02 Å². The topological polar surface area (TPSA) is 53.7 Å². The first-order valence-electron chi connectivity index (χ1n) is 6.26. The van der Waals surface area contributed by atoms with Crippen LogP contribution >= 0.6 is 11.6 Å². The van der Waals surface area contributed by atoms with E-state index in [1.807, 2.05) is 6.92 Å². The molecule has 2 rings (SSSR count). The molecule has 0 aliphatic heterocycles. The Hall–Kier alpha value is -1.13. The zero-order chi connectivity index (χ0) is 14.2. The monoisotopic (exact) mass is 285 g/mol. The molecule has 1 aromatic rings. The second-order valence-corrected chi connectivity index (χ2v) is 5.35. The van der Waals surface area contributed by atoms with Gasteiger partial charge < -0.3 is 19.9 Å². The first kappa shape index (κ1) is 14.3. The first-order chi connectivity index (χ1) is 9.01. The summed E-state index contributed by atoms with van der Waals surface area (Å²) >= 11 is 6.28. The van der Waals surface area contributed by atoms with Crippen LogP contribution in [0.5, 0.6) is 17.2 Å². The third kappa shape index (κ3) is 2.13. The quantitative estimate of drug-likeness (QED) is 0.904. The molecule has 0 spiro atoms. The molecular formula is C14H20ClNO3. The van der Waals surface area contributed by atoms with Gasteiger partial charge in [0.15, 0.2) is 11.5 Å². The van der Waals surface area contributed by atoms with E-state index in [0.29, 0.717) is 22.3 Å². The highest BCUT2D eigenvalue weighted by Gasteiger charge is 2.52. The highest BCUT2D eigenvalue weighted by Crippen LogP contribution is 2.59. The van der Waals surface area contributed by atoms with Crippen molar-refractivity contribution in [3.05, 3.63) is 16.7 Å². The molecule has 1 unspecified atom stereocenters. The highest BCUT2D eigenvalue weighted by atomic mass is 35.5. The SMILES string of the molecule is COc1cc(Cl)c(OC)c(C2(C(C)N)CC2)c1OC. The summed E-state index contributed by atoms with van der Waals surface area (Å²) in [6, 6.07) is 1.71. The van der Waals surface area contributed by atoms with E-state index in [4.69, 9.17) is 31.5 Å². The maximum atomic E-state index is 6.28. The number of halogens is 1. The Kier molecular flexibility index (Phi) is 3.83. The second-order valence-electron chi connectivity index (χ2n) is 4.95. The largest absolute Gasteiger partial charge is 0.495 e. The molecule has 2 N–H and O–H groups in total. The lowest BCUT2D eigenvalue weighted by Crippen LogP contribution is -2.32. The smallest absolute Gasteiger partial charge is 0.168 e. The van der Waals surface area contributed by atoms with Gasteiger partial charge >= 0.3 is 0 Å². The van der Waals surface area contributed by atoms with E-state index in [9.17, 15) is 0 Å². The van der Waals surface area contributed by atoms with Crippen LogP contribution in [-0.2, 0) is 5.41 Å². The molecule has 1 atom stereocenters. The van der Waals surface area contributed by atoms with Gasteiger partial charge in [0, 0.05) is 23.1 Å². The Bertz CT molecular complexity index is 484. The molecule has 0 saturated heterocycles. The Labute approximate surface area is 118 Å². The maximum absolute atomic E-state index is 6.28. The molecule has 1 aliphatic carbocycles. The predicted octanol–water partition coefficient (Wildman–Crippen LogP) is 2.74. The van der Waals surface area contributed by atoms with Gasteiger partial charge in [-0.05, 0) is 19.8 Å². The van der Waals surface area contributed by atoms with Gasteiger partial charge in [-0.25, -0.2) is 0 Å². The van der Waals surface area contributed by atoms with Crippen molar-refractivity contribution >= 4 is 11.6 Å². The zero-order valence-electron chi connectivity index (χ0n) is 11.7. The van der Waals surface area contributed by atoms with Crippen LogP contribution < -0.4 is 19.9 Å². The number of ether oxygens (including phenoxy) is 3. The van der Waals surface area contributed by atoms with Crippen LogP contribution in [0, 0.1) is 0 Å². The molecule has 4 nitrogen and oxygen atoms in total. The van der Waals surface area contributed by atoms with Crippen LogP contribution in [0.25, 0.3) is 0 Å². The number of nitrogens with two attached hydrogens (primary N) is 1. The zero-order valence-corrected chi connectivity index (χ0v) is 12.5. The standard InChI is InChI=1S/C14H20ClNO3/c1-8(16)14(5-6-14)11-12(18-3)9(15)7-10(17-2)13(11)19-4/h7-8H,5-6,16H2,1-4H3. The molecule has 106 valence electrons. The van der Waals surface area contributed by atoms with E-state index in [1.54, 1.807) is 27.4 Å². The van der Waals surface area contributed by atoms with Crippen molar-refractivity contribution in [3.63, 3.8) is 0 Å². The Morgan fingerprint density at radius 3 is 2.11 bits per heavy atom. The van der Waals surface area contributed by atoms with Gasteiger partial charge in [0.25, 0.3) is 0 Å². The molecule has 0 aromatic heterocycles. The van der Waals surface area contributed by atoms with Gasteiger partial charge in [-0.2, -0.15) is 0 Å². The minimum Gasteiger partial charge on any atom is -0.495 e. The van der Waals surface area contributed by atoms with Crippen molar-refractivity contribution < 1.29 is 14.2 Å². The fourth-order valence-electron chi connectivity index (χ4n) is 2.67. The van der Waals surface area contributed by atoms with Gasteiger partial charge in [-0.15, -0.1) is 0 Å². The fourth-order valence-corrected chi connectivity index (χ4v) is 2.94. The van der Waals surface area contributed by atoms with Gasteiger partial charge in [-0.1, -0.05) is 11.6 Å². The number of hydrogen-bond acceptors (Lipinski definition) is 4. The number of rotatable bonds is 5. The average Bonchev–Trinajstić information content (AvgIpc) is 3.18. The second kappa shape index (κ2) is 5.10. The molecule has 1 aliphatic rings. The first-order valence-corrected chi connectivity index (χ1v) is 6.64. The molecule has 0 bridgehead atoms. The van der Waals surface area contributed by atoms with E-state index in [1.165, 1.54) is 0 Å². The van der Waals surface area contributed by atoms with Crippen LogP contribution in [0.3, 0.4) is 0 Å². The lowest BCUT2D eigenvalue weighted by molar-refractivity contribution is 0.335. The summed E-state index contributed by atoms with van der Waals surface area (Å²) in [7, 11) is 4.82. The minimum absolute atomic E-state index is 0.00141. The predicted molar refractivity (Wildman–Crippen MR) is 75.7 cm³/mol. The fraction of sp³-hybridized carbons (Fsp3) is 0.571. The number of hydrogen-bond donors (Lipinski definition) is 1. The van der Waals surface area contributed by atoms with Crippen molar-refractivity contribution in [2.24, 2.45) is 5.73 Å². The summed E-state index contributed by atoms with van der Waals surface area (Å²) in [5.41, 5.74) is 6.96. The average molecular weight is 286 g/mol. The molecule has 19 heavy (non-hydrogen) atoms. The summed E-state index contributed by atoms with van der Waals surface area (Å²) < 4.78 is 16.3. The molecule has 5 heteroatoms. The van der Waals surface area contributed by atoms with Crippen LogP contribution in [-0.4, -0.2) is 27.4 Å². The normalized spacial score (nSPS) is 17.8. The van der Waals surface area contributed by atoms with E-state index >= 15 is 0 Å². The van der Waals surface area contributed by atoms with Crippen molar-refractivity contribution in [2.45, 2.75) is 31.2 Å². The Balaban J connectivity index is 2.72. The van der Waals surface area contributed by atoms with Gasteiger partial charge in [-0.3, -0.25) is 0 Å². The summed E-state index contributed by atoms with van der Waals surface area (Å²) in [6.07, 6.45) is 2.00. The van der Waals surface area contributed by atoms with E-state index in [-0.39, 0.29) is 11.5 Å². The highest BCUT2D eigenvalue weighted by molar-refractivity contribution is 6.32. The van der Waals surface area contributed by atoms with Crippen LogP contribution in [0.1, 0.15) is 25.3 Å². The molecule has 1 aromatic carbocycles. The molecule has 0 amide bonds. The van der Waals surface area contributed by atoms with Crippen molar-refractivity contribution in [2.75, 3.05) is 21.3 Å². The molecule has 0 radical (unpaired) electrons. The molecule has 0 heterocycles. The van der Waals surface area contributed by atoms with Gasteiger partial charge in [0.05, 0.1) is 26.4 Å². The van der Waals surface area contributed by atoms with E-state index in [0.717, 1.165) is 18.4 Å². The minimum atomic E-state index is -0.130. The summed E-state index contributed by atoms with van der Waals surface area (Å²) in [6.45, 7) is 2.00. The molecule has 1 fully saturated rings. The van der Waals surface area contributed by atoms with Crippen molar-refractivity contribution in [1.82, 2.24) is 0 Å². The van der Waals surface area contributed by atoms with Crippen molar-refractivity contribution in [3.8, 4) is 17.2 Å². The van der Waals surface area contributed by atoms with Crippen molar-refractivity contribution in [1.29, 1.82) is 0 Å². The number of methoxy groups -OCH3 is 3. The lowest BCUT2D eigenvalue weighted by Gasteiger charge is -2.26. The number of benzene rings is 1. The third-order valence-electron chi connectivity index (χ3n) is 3.94. The van der Waals surface area contributed by atoms with Crippen LogP contribution in [0.4, 0.5) is 0 Å². The Morgan fingerprint density at radius 2 is 1.74 bits per heavy atom. The summed E-state index contributed by atoms with van der Waals surface area (Å²) in [4.78, 5) is 0. The van der Waals surface area contributed by atoms with Gasteiger partial charge in [0.1, 0.15) is 5.75 Å². The molecule has 1 saturated carbocycles. The molecular weight excluding hydrogens is 266 g/mol. The lowest BCUT2D eigenvalue weighted by atomic mass is 9.87.